The van der Waals surface area contributed by atoms with E-state index in [2.05, 4.69) is 29.2 Å². The lowest BCUT2D eigenvalue weighted by molar-refractivity contribution is -0.107. The van der Waals surface area contributed by atoms with E-state index in [4.69, 9.17) is 0 Å². The second kappa shape index (κ2) is 4.92. The molecule has 1 aliphatic rings. The van der Waals surface area contributed by atoms with Gasteiger partial charge in [-0.1, -0.05) is 24.3 Å². The molecule has 2 aromatic carbocycles. The van der Waals surface area contributed by atoms with Crippen LogP contribution in [-0.2, 0) is 4.79 Å². The normalized spacial score (nSPS) is 14.9. The number of benzene rings is 2. The van der Waals surface area contributed by atoms with Crippen LogP contribution < -0.4 is 9.80 Å². The van der Waals surface area contributed by atoms with Gasteiger partial charge in [0.05, 0.1) is 5.69 Å². The standard InChI is InChI=1S/C16H18N2O/c1-17(12-19)14-8-4-6-13-7-5-9-15(16(13)14)18-10-2-3-11-18/h4-9,12H,2-3,10-11H2,1H3. The second-order valence-corrected chi connectivity index (χ2v) is 5.06. The lowest BCUT2D eigenvalue weighted by Gasteiger charge is -2.23. The van der Waals surface area contributed by atoms with Gasteiger partial charge in [-0.05, 0) is 30.4 Å². The summed E-state index contributed by atoms with van der Waals surface area (Å²) in [5.41, 5.74) is 2.23. The topological polar surface area (TPSA) is 23.6 Å². The summed E-state index contributed by atoms with van der Waals surface area (Å²) < 4.78 is 0. The predicted molar refractivity (Wildman–Crippen MR) is 79.9 cm³/mol. The van der Waals surface area contributed by atoms with Crippen LogP contribution in [-0.4, -0.2) is 26.5 Å². The lowest BCUT2D eigenvalue weighted by atomic mass is 10.1. The SMILES string of the molecule is CN(C=O)c1cccc2cccc(N3CCCC3)c12. The molecule has 0 N–H and O–H groups in total. The summed E-state index contributed by atoms with van der Waals surface area (Å²) in [5.74, 6) is 0. The molecular weight excluding hydrogens is 236 g/mol. The van der Waals surface area contributed by atoms with E-state index in [1.807, 2.05) is 19.2 Å². The molecule has 0 aromatic heterocycles. The van der Waals surface area contributed by atoms with Crippen LogP contribution in [0.3, 0.4) is 0 Å². The number of nitrogens with zero attached hydrogens (tertiary/aromatic N) is 2. The molecular formula is C16H18N2O. The largest absolute Gasteiger partial charge is 0.371 e. The number of amides is 1. The van der Waals surface area contributed by atoms with Crippen LogP contribution in [0.25, 0.3) is 10.8 Å². The van der Waals surface area contributed by atoms with Crippen LogP contribution in [0.2, 0.25) is 0 Å². The van der Waals surface area contributed by atoms with E-state index in [0.717, 1.165) is 25.2 Å². The fourth-order valence-electron chi connectivity index (χ4n) is 2.87. The zero-order valence-corrected chi connectivity index (χ0v) is 11.2. The molecule has 98 valence electrons. The highest BCUT2D eigenvalue weighted by molar-refractivity contribution is 6.06. The van der Waals surface area contributed by atoms with Crippen molar-refractivity contribution < 1.29 is 4.79 Å². The van der Waals surface area contributed by atoms with Crippen LogP contribution in [0.4, 0.5) is 11.4 Å². The molecule has 3 heteroatoms. The summed E-state index contributed by atoms with van der Waals surface area (Å²) in [5, 5.41) is 2.37. The van der Waals surface area contributed by atoms with Crippen molar-refractivity contribution >= 4 is 28.6 Å². The van der Waals surface area contributed by atoms with Gasteiger partial charge in [0.25, 0.3) is 0 Å². The molecule has 0 unspecified atom stereocenters. The molecule has 3 rings (SSSR count). The van der Waals surface area contributed by atoms with Crippen LogP contribution in [0.5, 0.6) is 0 Å². The van der Waals surface area contributed by atoms with Gasteiger partial charge in [0.2, 0.25) is 6.41 Å². The van der Waals surface area contributed by atoms with E-state index in [-0.39, 0.29) is 0 Å². The summed E-state index contributed by atoms with van der Waals surface area (Å²) in [4.78, 5) is 15.2. The average molecular weight is 254 g/mol. The van der Waals surface area contributed by atoms with E-state index in [9.17, 15) is 4.79 Å². The van der Waals surface area contributed by atoms with Gasteiger partial charge in [-0.25, -0.2) is 0 Å². The van der Waals surface area contributed by atoms with Gasteiger partial charge in [0.15, 0.2) is 0 Å². The Balaban J connectivity index is 2.23. The minimum Gasteiger partial charge on any atom is -0.371 e. The first-order chi connectivity index (χ1) is 9.31. The maximum Gasteiger partial charge on any atom is 0.213 e. The Morgan fingerprint density at radius 3 is 2.47 bits per heavy atom. The first kappa shape index (κ1) is 12.0. The van der Waals surface area contributed by atoms with Crippen molar-refractivity contribution in [2.45, 2.75) is 12.8 Å². The minimum absolute atomic E-state index is 0.871. The molecule has 1 heterocycles. The molecule has 1 aliphatic heterocycles. The first-order valence-electron chi connectivity index (χ1n) is 6.76. The van der Waals surface area contributed by atoms with E-state index >= 15 is 0 Å². The van der Waals surface area contributed by atoms with Gasteiger partial charge in [0, 0.05) is 31.2 Å². The van der Waals surface area contributed by atoms with Crippen molar-refractivity contribution in [3.8, 4) is 0 Å². The molecule has 0 saturated carbocycles. The molecule has 1 saturated heterocycles. The van der Waals surface area contributed by atoms with Crippen LogP contribution in [0.15, 0.2) is 36.4 Å². The molecule has 1 fully saturated rings. The quantitative estimate of drug-likeness (QED) is 0.786. The smallest absolute Gasteiger partial charge is 0.213 e. The van der Waals surface area contributed by atoms with Crippen molar-refractivity contribution in [1.82, 2.24) is 0 Å². The van der Waals surface area contributed by atoms with E-state index in [1.54, 1.807) is 4.90 Å². The highest BCUT2D eigenvalue weighted by Gasteiger charge is 2.17. The number of anilines is 2. The Hall–Kier alpha value is -2.03. The van der Waals surface area contributed by atoms with Crippen molar-refractivity contribution in [3.05, 3.63) is 36.4 Å². The molecule has 19 heavy (non-hydrogen) atoms. The summed E-state index contributed by atoms with van der Waals surface area (Å²) in [6.45, 7) is 2.22. The Kier molecular flexibility index (Phi) is 3.11. The summed E-state index contributed by atoms with van der Waals surface area (Å²) >= 11 is 0. The summed E-state index contributed by atoms with van der Waals surface area (Å²) in [6.07, 6.45) is 3.37. The summed E-state index contributed by atoms with van der Waals surface area (Å²) in [7, 11) is 1.81. The predicted octanol–water partition coefficient (Wildman–Crippen LogP) is 3.03. The maximum absolute atomic E-state index is 11.1. The highest BCUT2D eigenvalue weighted by Crippen LogP contribution is 2.35. The fourth-order valence-corrected chi connectivity index (χ4v) is 2.87. The van der Waals surface area contributed by atoms with Gasteiger partial charge in [0.1, 0.15) is 0 Å². The number of hydrogen-bond acceptors (Lipinski definition) is 2. The van der Waals surface area contributed by atoms with Gasteiger partial charge >= 0.3 is 0 Å². The second-order valence-electron chi connectivity index (χ2n) is 5.06. The number of carbonyl (C=O) groups excluding carboxylic acids is 1. The minimum atomic E-state index is 0.871. The third-order valence-corrected chi connectivity index (χ3v) is 3.85. The van der Waals surface area contributed by atoms with Crippen LogP contribution in [0, 0.1) is 0 Å². The molecule has 0 atom stereocenters. The highest BCUT2D eigenvalue weighted by atomic mass is 16.1. The molecule has 0 aliphatic carbocycles. The zero-order chi connectivity index (χ0) is 13.2. The third-order valence-electron chi connectivity index (χ3n) is 3.85. The maximum atomic E-state index is 11.1. The molecule has 0 bridgehead atoms. The van der Waals surface area contributed by atoms with Crippen LogP contribution in [0.1, 0.15) is 12.8 Å². The van der Waals surface area contributed by atoms with Crippen LogP contribution >= 0.6 is 0 Å². The monoisotopic (exact) mass is 254 g/mol. The van der Waals surface area contributed by atoms with Crippen molar-refractivity contribution in [1.29, 1.82) is 0 Å². The molecule has 0 spiro atoms. The molecule has 0 radical (unpaired) electrons. The Labute approximate surface area is 113 Å². The van der Waals surface area contributed by atoms with E-state index in [0.29, 0.717) is 0 Å². The van der Waals surface area contributed by atoms with Gasteiger partial charge in [-0.3, -0.25) is 4.79 Å². The van der Waals surface area contributed by atoms with Crippen molar-refractivity contribution in [3.63, 3.8) is 0 Å². The Morgan fingerprint density at radius 1 is 1.11 bits per heavy atom. The molecule has 3 nitrogen and oxygen atoms in total. The van der Waals surface area contributed by atoms with Crippen molar-refractivity contribution in [2.24, 2.45) is 0 Å². The zero-order valence-electron chi connectivity index (χ0n) is 11.2. The summed E-state index contributed by atoms with van der Waals surface area (Å²) in [6, 6.07) is 12.5. The Morgan fingerprint density at radius 2 is 1.79 bits per heavy atom. The average Bonchev–Trinajstić information content (AvgIpc) is 2.99. The fraction of sp³-hybridized carbons (Fsp3) is 0.312. The number of rotatable bonds is 3. The van der Waals surface area contributed by atoms with Crippen molar-refractivity contribution in [2.75, 3.05) is 29.9 Å². The first-order valence-corrected chi connectivity index (χ1v) is 6.76. The number of carbonyl (C=O) groups is 1. The molecule has 2 aromatic rings. The van der Waals surface area contributed by atoms with Gasteiger partial charge in [-0.15, -0.1) is 0 Å². The lowest BCUT2D eigenvalue weighted by Crippen LogP contribution is -2.19. The third kappa shape index (κ3) is 2.05. The number of hydrogen-bond donors (Lipinski definition) is 0. The van der Waals surface area contributed by atoms with E-state index in [1.165, 1.54) is 29.3 Å². The Bertz CT molecular complexity index is 597. The van der Waals surface area contributed by atoms with Gasteiger partial charge in [-0.2, -0.15) is 0 Å². The molecule has 1 amide bonds. The van der Waals surface area contributed by atoms with Gasteiger partial charge < -0.3 is 9.80 Å². The number of fused-ring (bicyclic) bond motifs is 1. The van der Waals surface area contributed by atoms with E-state index < -0.39 is 0 Å².